The van der Waals surface area contributed by atoms with Crippen molar-refractivity contribution in [3.05, 3.63) is 176 Å². The van der Waals surface area contributed by atoms with E-state index in [1.54, 1.807) is 0 Å². The Bertz CT molecular complexity index is 2660. The van der Waals surface area contributed by atoms with Gasteiger partial charge in [-0.05, 0) is 72.1 Å². The molecule has 232 valence electrons. The van der Waals surface area contributed by atoms with Crippen LogP contribution < -0.4 is 0 Å². The van der Waals surface area contributed by atoms with E-state index in [1.165, 1.54) is 55.3 Å². The lowest BCUT2D eigenvalue weighted by Crippen LogP contribution is -2.00. The lowest BCUT2D eigenvalue weighted by Gasteiger charge is -2.15. The smallest absolute Gasteiger partial charge is 0.164 e. The summed E-state index contributed by atoms with van der Waals surface area (Å²) in [6.07, 6.45) is 0. The molecule has 1 aromatic heterocycles. The maximum Gasteiger partial charge on any atom is 0.164 e. The first-order valence-corrected chi connectivity index (χ1v) is 17.0. The van der Waals surface area contributed by atoms with Gasteiger partial charge in [-0.15, -0.1) is 0 Å². The van der Waals surface area contributed by atoms with E-state index in [9.17, 15) is 0 Å². The number of hydrogen-bond acceptors (Lipinski definition) is 3. The second-order valence-electron chi connectivity index (χ2n) is 12.8. The molecule has 9 aromatic rings. The summed E-state index contributed by atoms with van der Waals surface area (Å²) in [5, 5.41) is 4.85. The van der Waals surface area contributed by atoms with E-state index in [1.807, 2.05) is 60.7 Å². The minimum absolute atomic E-state index is 0.658. The van der Waals surface area contributed by atoms with E-state index in [0.717, 1.165) is 27.5 Å². The zero-order chi connectivity index (χ0) is 33.0. The fraction of sp³-hybridized carbons (Fsp3) is 0. The number of aromatic nitrogens is 3. The van der Waals surface area contributed by atoms with E-state index in [4.69, 9.17) is 15.0 Å². The zero-order valence-electron chi connectivity index (χ0n) is 27.1. The van der Waals surface area contributed by atoms with Crippen LogP contribution in [0.3, 0.4) is 0 Å². The van der Waals surface area contributed by atoms with Crippen molar-refractivity contribution >= 4 is 21.5 Å². The molecule has 0 saturated heterocycles. The van der Waals surface area contributed by atoms with Crippen LogP contribution in [0.4, 0.5) is 0 Å². The van der Waals surface area contributed by atoms with Gasteiger partial charge in [0.2, 0.25) is 0 Å². The van der Waals surface area contributed by atoms with Crippen molar-refractivity contribution in [1.29, 1.82) is 0 Å². The van der Waals surface area contributed by atoms with Crippen LogP contribution in [0.5, 0.6) is 0 Å². The Kier molecular flexibility index (Phi) is 6.49. The van der Waals surface area contributed by atoms with E-state index in [2.05, 4.69) is 115 Å². The van der Waals surface area contributed by atoms with Gasteiger partial charge in [-0.25, -0.2) is 15.0 Å². The van der Waals surface area contributed by atoms with Gasteiger partial charge in [-0.1, -0.05) is 170 Å². The number of hydrogen-bond donors (Lipinski definition) is 0. The molecular weight excluding hydrogens is 607 g/mol. The van der Waals surface area contributed by atoms with Crippen molar-refractivity contribution in [3.8, 4) is 78.7 Å². The second kappa shape index (κ2) is 11.5. The summed E-state index contributed by atoms with van der Waals surface area (Å²) in [5.74, 6) is 1.97. The highest BCUT2D eigenvalue weighted by Crippen LogP contribution is 2.50. The van der Waals surface area contributed by atoms with Crippen molar-refractivity contribution in [2.45, 2.75) is 0 Å². The maximum absolute atomic E-state index is 5.02. The first-order valence-electron chi connectivity index (χ1n) is 17.0. The molecule has 0 fully saturated rings. The quantitative estimate of drug-likeness (QED) is 0.189. The monoisotopic (exact) mass is 635 g/mol. The molecule has 0 saturated carbocycles. The van der Waals surface area contributed by atoms with Crippen molar-refractivity contribution in [3.63, 3.8) is 0 Å². The van der Waals surface area contributed by atoms with Gasteiger partial charge in [0.1, 0.15) is 0 Å². The normalized spacial score (nSPS) is 11.6. The molecule has 3 heteroatoms. The number of fused-ring (bicyclic) bond motifs is 4. The molecule has 3 nitrogen and oxygen atoms in total. The largest absolute Gasteiger partial charge is 0.208 e. The zero-order valence-corrected chi connectivity index (χ0v) is 27.1. The molecule has 1 aliphatic carbocycles. The molecule has 0 N–H and O–H groups in total. The highest BCUT2D eigenvalue weighted by molar-refractivity contribution is 6.19. The van der Waals surface area contributed by atoms with Crippen molar-refractivity contribution in [2.75, 3.05) is 0 Å². The van der Waals surface area contributed by atoms with Crippen molar-refractivity contribution < 1.29 is 0 Å². The molecule has 1 aliphatic rings. The van der Waals surface area contributed by atoms with Crippen LogP contribution in [0.1, 0.15) is 0 Å². The number of rotatable bonds is 5. The molecule has 10 rings (SSSR count). The van der Waals surface area contributed by atoms with E-state index >= 15 is 0 Å². The van der Waals surface area contributed by atoms with Gasteiger partial charge >= 0.3 is 0 Å². The van der Waals surface area contributed by atoms with Crippen LogP contribution in [0.2, 0.25) is 0 Å². The van der Waals surface area contributed by atoms with Crippen LogP contribution in [0, 0.1) is 0 Å². The molecule has 0 spiro atoms. The Labute approximate surface area is 290 Å². The standard InChI is InChI=1S/C47H29N3/c1-3-13-30(14-4-1)45-48-46(31-15-5-2-6-16-31)50-47(49-45)43-24-11-17-32-29-33(25-26-35(32)43)34-18-7-8-19-36(34)39-27-28-42-38-21-10-9-20-37(38)40-22-12-23-41(39)44(40)42/h1-29H. The van der Waals surface area contributed by atoms with Crippen molar-refractivity contribution in [1.82, 2.24) is 15.0 Å². The average molecular weight is 636 g/mol. The Morgan fingerprint density at radius 3 is 1.44 bits per heavy atom. The maximum atomic E-state index is 5.02. The van der Waals surface area contributed by atoms with Gasteiger partial charge in [0.25, 0.3) is 0 Å². The molecule has 0 bridgehead atoms. The third-order valence-electron chi connectivity index (χ3n) is 9.90. The third-order valence-corrected chi connectivity index (χ3v) is 9.90. The summed E-state index contributed by atoms with van der Waals surface area (Å²) < 4.78 is 0. The summed E-state index contributed by atoms with van der Waals surface area (Å²) in [7, 11) is 0. The molecule has 0 radical (unpaired) electrons. The minimum Gasteiger partial charge on any atom is -0.208 e. The Balaban J connectivity index is 1.11. The molecule has 0 aliphatic heterocycles. The molecular formula is C47H29N3. The van der Waals surface area contributed by atoms with Gasteiger partial charge in [0, 0.05) is 16.7 Å². The van der Waals surface area contributed by atoms with Crippen LogP contribution in [0.25, 0.3) is 100 Å². The fourth-order valence-corrected chi connectivity index (χ4v) is 7.59. The molecule has 8 aromatic carbocycles. The minimum atomic E-state index is 0.658. The molecule has 1 heterocycles. The Morgan fingerprint density at radius 2 is 0.760 bits per heavy atom. The highest BCUT2D eigenvalue weighted by atomic mass is 15.0. The summed E-state index contributed by atoms with van der Waals surface area (Å²) in [5.41, 5.74) is 13.0. The first kappa shape index (κ1) is 28.3. The summed E-state index contributed by atoms with van der Waals surface area (Å²) in [4.78, 5) is 14.9. The van der Waals surface area contributed by atoms with Crippen LogP contribution in [0.15, 0.2) is 176 Å². The third kappa shape index (κ3) is 4.56. The molecule has 0 atom stereocenters. The van der Waals surface area contributed by atoms with Crippen LogP contribution >= 0.6 is 0 Å². The summed E-state index contributed by atoms with van der Waals surface area (Å²) in [6.45, 7) is 0. The first-order chi connectivity index (χ1) is 24.8. The molecule has 50 heavy (non-hydrogen) atoms. The SMILES string of the molecule is c1ccc(-c2nc(-c3ccccc3)nc(-c3cccc4cc(-c5ccccc5-c5ccc6c7c(cccc57)-c5ccccc5-6)ccc34)n2)cc1. The summed E-state index contributed by atoms with van der Waals surface area (Å²) >= 11 is 0. The van der Waals surface area contributed by atoms with Gasteiger partial charge in [0.05, 0.1) is 0 Å². The second-order valence-corrected chi connectivity index (χ2v) is 12.8. The van der Waals surface area contributed by atoms with Crippen LogP contribution in [-0.2, 0) is 0 Å². The fourth-order valence-electron chi connectivity index (χ4n) is 7.59. The van der Waals surface area contributed by atoms with Gasteiger partial charge in [-0.2, -0.15) is 0 Å². The highest BCUT2D eigenvalue weighted by Gasteiger charge is 2.23. The van der Waals surface area contributed by atoms with Crippen molar-refractivity contribution in [2.24, 2.45) is 0 Å². The van der Waals surface area contributed by atoms with E-state index < -0.39 is 0 Å². The molecule has 0 amide bonds. The molecule has 0 unspecified atom stereocenters. The summed E-state index contributed by atoms with van der Waals surface area (Å²) in [6, 6.07) is 62.2. The predicted molar refractivity (Wildman–Crippen MR) is 206 cm³/mol. The predicted octanol–water partition coefficient (Wildman–Crippen LogP) is 12.2. The van der Waals surface area contributed by atoms with E-state index in [-0.39, 0.29) is 0 Å². The Hall–Kier alpha value is -6.71. The topological polar surface area (TPSA) is 38.7 Å². The van der Waals surface area contributed by atoms with E-state index in [0.29, 0.717) is 17.5 Å². The Morgan fingerprint density at radius 1 is 0.260 bits per heavy atom. The average Bonchev–Trinajstić information content (AvgIpc) is 3.53. The lowest BCUT2D eigenvalue weighted by molar-refractivity contribution is 1.08. The number of benzene rings is 8. The lowest BCUT2D eigenvalue weighted by atomic mass is 9.89. The van der Waals surface area contributed by atoms with Gasteiger partial charge in [-0.3, -0.25) is 0 Å². The number of nitrogens with zero attached hydrogens (tertiary/aromatic N) is 3. The van der Waals surface area contributed by atoms with Gasteiger partial charge in [0.15, 0.2) is 17.5 Å². The van der Waals surface area contributed by atoms with Gasteiger partial charge < -0.3 is 0 Å². The van der Waals surface area contributed by atoms with Crippen LogP contribution in [-0.4, -0.2) is 15.0 Å².